The first-order valence-corrected chi connectivity index (χ1v) is 8.62. The number of nitrogens with zero attached hydrogens (tertiary/aromatic N) is 1. The van der Waals surface area contributed by atoms with E-state index in [-0.39, 0.29) is 12.0 Å². The minimum atomic E-state index is -0.772. The van der Waals surface area contributed by atoms with Crippen molar-refractivity contribution in [2.75, 3.05) is 13.1 Å². The van der Waals surface area contributed by atoms with Crippen molar-refractivity contribution in [1.82, 2.24) is 10.2 Å². The largest absolute Gasteiger partial charge is 0.480 e. The molecule has 4 nitrogen and oxygen atoms in total. The third kappa shape index (κ3) is 4.96. The highest BCUT2D eigenvalue weighted by atomic mass is 16.4. The third-order valence-corrected chi connectivity index (χ3v) is 4.67. The zero-order chi connectivity index (χ0) is 16.0. The number of unbranched alkanes of at least 4 members (excludes halogenated alkanes) is 1. The Bertz CT molecular complexity index is 329. The van der Waals surface area contributed by atoms with E-state index < -0.39 is 11.5 Å². The summed E-state index contributed by atoms with van der Waals surface area (Å²) in [5.74, 6) is -0.394. The van der Waals surface area contributed by atoms with Crippen LogP contribution >= 0.6 is 0 Å². The molecule has 1 rings (SSSR count). The summed E-state index contributed by atoms with van der Waals surface area (Å²) in [5.41, 5.74) is -0.772. The number of hydrogen-bond donors (Lipinski definition) is 2. The van der Waals surface area contributed by atoms with Crippen molar-refractivity contribution in [3.8, 4) is 0 Å². The van der Waals surface area contributed by atoms with Crippen LogP contribution in [0.25, 0.3) is 0 Å². The molecule has 0 saturated heterocycles. The zero-order valence-corrected chi connectivity index (χ0v) is 14.5. The molecule has 0 aromatic heterocycles. The molecule has 1 fully saturated rings. The van der Waals surface area contributed by atoms with Crippen molar-refractivity contribution < 1.29 is 9.90 Å². The van der Waals surface area contributed by atoms with Gasteiger partial charge in [-0.3, -0.25) is 15.0 Å². The highest BCUT2D eigenvalue weighted by molar-refractivity contribution is 5.80. The Morgan fingerprint density at radius 2 is 1.95 bits per heavy atom. The summed E-state index contributed by atoms with van der Waals surface area (Å²) in [6.45, 7) is 12.3. The molecule has 0 aromatic rings. The van der Waals surface area contributed by atoms with Gasteiger partial charge >= 0.3 is 5.97 Å². The second-order valence-electron chi connectivity index (χ2n) is 6.93. The molecule has 1 aliphatic carbocycles. The Labute approximate surface area is 130 Å². The summed E-state index contributed by atoms with van der Waals surface area (Å²) in [4.78, 5) is 14.4. The van der Waals surface area contributed by atoms with Gasteiger partial charge in [0.25, 0.3) is 0 Å². The van der Waals surface area contributed by atoms with Crippen LogP contribution in [0.3, 0.4) is 0 Å². The number of aliphatic carboxylic acids is 1. The average molecular weight is 298 g/mol. The van der Waals surface area contributed by atoms with Gasteiger partial charge in [-0.25, -0.2) is 0 Å². The second-order valence-corrected chi connectivity index (χ2v) is 6.93. The summed E-state index contributed by atoms with van der Waals surface area (Å²) in [5, 5.41) is 13.3. The van der Waals surface area contributed by atoms with Gasteiger partial charge in [0.05, 0.1) is 0 Å². The van der Waals surface area contributed by atoms with E-state index in [1.54, 1.807) is 0 Å². The van der Waals surface area contributed by atoms with E-state index in [2.05, 4.69) is 31.0 Å². The summed E-state index contributed by atoms with van der Waals surface area (Å²) in [6, 6.07) is 0.620. The zero-order valence-electron chi connectivity index (χ0n) is 14.5. The topological polar surface area (TPSA) is 52.6 Å². The van der Waals surface area contributed by atoms with Gasteiger partial charge in [-0.2, -0.15) is 0 Å². The van der Waals surface area contributed by atoms with Crippen LogP contribution in [0.1, 0.15) is 66.7 Å². The molecule has 0 aromatic carbocycles. The van der Waals surface area contributed by atoms with Crippen molar-refractivity contribution in [1.29, 1.82) is 0 Å². The standard InChI is InChI=1S/C17H34N2O2/c1-6-8-11-19(14(5)7-2)12-17(16(20)21,15-9-10-15)18-13(3)4/h13-15,18H,6-12H2,1-5H3,(H,20,21). The smallest absolute Gasteiger partial charge is 0.325 e. The van der Waals surface area contributed by atoms with Crippen molar-refractivity contribution in [3.05, 3.63) is 0 Å². The van der Waals surface area contributed by atoms with E-state index in [9.17, 15) is 9.90 Å². The molecule has 0 spiro atoms. The lowest BCUT2D eigenvalue weighted by atomic mass is 9.90. The molecule has 0 heterocycles. The van der Waals surface area contributed by atoms with Gasteiger partial charge in [-0.15, -0.1) is 0 Å². The van der Waals surface area contributed by atoms with Crippen LogP contribution in [-0.4, -0.2) is 46.7 Å². The van der Waals surface area contributed by atoms with E-state index in [1.807, 2.05) is 13.8 Å². The van der Waals surface area contributed by atoms with Crippen molar-refractivity contribution in [3.63, 3.8) is 0 Å². The van der Waals surface area contributed by atoms with Gasteiger partial charge in [-0.05, 0) is 58.9 Å². The normalized spacial score (nSPS) is 19.8. The molecule has 2 unspecified atom stereocenters. The van der Waals surface area contributed by atoms with Crippen LogP contribution in [0.2, 0.25) is 0 Å². The van der Waals surface area contributed by atoms with Crippen LogP contribution in [-0.2, 0) is 4.79 Å². The van der Waals surface area contributed by atoms with E-state index in [1.165, 1.54) is 0 Å². The molecule has 4 heteroatoms. The van der Waals surface area contributed by atoms with E-state index >= 15 is 0 Å². The minimum Gasteiger partial charge on any atom is -0.480 e. The summed E-state index contributed by atoms with van der Waals surface area (Å²) >= 11 is 0. The first-order valence-electron chi connectivity index (χ1n) is 8.62. The fourth-order valence-corrected chi connectivity index (χ4v) is 3.08. The van der Waals surface area contributed by atoms with Gasteiger partial charge in [0, 0.05) is 18.6 Å². The average Bonchev–Trinajstić information content (AvgIpc) is 3.25. The summed E-state index contributed by atoms with van der Waals surface area (Å²) in [6.07, 6.45) is 5.41. The van der Waals surface area contributed by atoms with E-state index in [0.29, 0.717) is 12.6 Å². The predicted molar refractivity (Wildman–Crippen MR) is 87.6 cm³/mol. The molecule has 0 amide bonds. The fourth-order valence-electron chi connectivity index (χ4n) is 3.08. The van der Waals surface area contributed by atoms with Crippen LogP contribution in [0.5, 0.6) is 0 Å². The van der Waals surface area contributed by atoms with Crippen LogP contribution in [0.4, 0.5) is 0 Å². The minimum absolute atomic E-state index is 0.187. The highest BCUT2D eigenvalue weighted by Gasteiger charge is 2.52. The van der Waals surface area contributed by atoms with Gasteiger partial charge in [0.15, 0.2) is 0 Å². The number of hydrogen-bond acceptors (Lipinski definition) is 3. The Morgan fingerprint density at radius 3 is 2.33 bits per heavy atom. The number of rotatable bonds is 11. The molecule has 1 saturated carbocycles. The number of carbonyl (C=O) groups is 1. The van der Waals surface area contributed by atoms with E-state index in [4.69, 9.17) is 0 Å². The monoisotopic (exact) mass is 298 g/mol. The van der Waals surface area contributed by atoms with Crippen molar-refractivity contribution in [2.45, 2.75) is 84.3 Å². The van der Waals surface area contributed by atoms with Crippen molar-refractivity contribution >= 4 is 5.97 Å². The summed E-state index contributed by atoms with van der Waals surface area (Å²) < 4.78 is 0. The number of carboxylic acid groups (broad SMARTS) is 1. The maximum Gasteiger partial charge on any atom is 0.325 e. The lowest BCUT2D eigenvalue weighted by Gasteiger charge is -2.40. The molecule has 0 radical (unpaired) electrons. The predicted octanol–water partition coefficient (Wildman–Crippen LogP) is 3.12. The lowest BCUT2D eigenvalue weighted by Crippen LogP contribution is -2.63. The quantitative estimate of drug-likeness (QED) is 0.615. The number of nitrogens with one attached hydrogen (secondary N) is 1. The van der Waals surface area contributed by atoms with Gasteiger partial charge in [0.1, 0.15) is 5.54 Å². The Kier molecular flexibility index (Phi) is 7.14. The molecule has 1 aliphatic rings. The lowest BCUT2D eigenvalue weighted by molar-refractivity contribution is -0.147. The SMILES string of the molecule is CCCCN(CC(NC(C)C)(C(=O)O)C1CC1)C(C)CC. The van der Waals surface area contributed by atoms with Crippen LogP contribution in [0, 0.1) is 5.92 Å². The van der Waals surface area contributed by atoms with Gasteiger partial charge in [0.2, 0.25) is 0 Å². The molecular formula is C17H34N2O2. The Balaban J connectivity index is 2.92. The number of carboxylic acids is 1. The Morgan fingerprint density at radius 1 is 1.33 bits per heavy atom. The summed E-state index contributed by atoms with van der Waals surface area (Å²) in [7, 11) is 0. The Hall–Kier alpha value is -0.610. The third-order valence-electron chi connectivity index (χ3n) is 4.67. The maximum atomic E-state index is 12.1. The molecule has 0 bridgehead atoms. The van der Waals surface area contributed by atoms with Crippen molar-refractivity contribution in [2.24, 2.45) is 5.92 Å². The molecule has 21 heavy (non-hydrogen) atoms. The first-order chi connectivity index (χ1) is 9.87. The highest BCUT2D eigenvalue weighted by Crippen LogP contribution is 2.41. The van der Waals surface area contributed by atoms with E-state index in [0.717, 1.165) is 38.6 Å². The van der Waals surface area contributed by atoms with Gasteiger partial charge < -0.3 is 5.11 Å². The molecule has 2 N–H and O–H groups in total. The van der Waals surface area contributed by atoms with Crippen LogP contribution < -0.4 is 5.32 Å². The molecule has 2 atom stereocenters. The molecule has 0 aliphatic heterocycles. The second kappa shape index (κ2) is 8.14. The van der Waals surface area contributed by atoms with Crippen LogP contribution in [0.15, 0.2) is 0 Å². The van der Waals surface area contributed by atoms with Gasteiger partial charge in [-0.1, -0.05) is 20.3 Å². The molecular weight excluding hydrogens is 264 g/mol. The fraction of sp³-hybridized carbons (Fsp3) is 0.941. The maximum absolute atomic E-state index is 12.1. The molecule has 124 valence electrons. The first kappa shape index (κ1) is 18.4.